The van der Waals surface area contributed by atoms with Crippen LogP contribution in [0.2, 0.25) is 0 Å². The highest BCUT2D eigenvalue weighted by Crippen LogP contribution is 2.25. The molecule has 3 N–H and O–H groups in total. The number of benzene rings is 1. The van der Waals surface area contributed by atoms with Crippen LogP contribution >= 0.6 is 0 Å². The number of ether oxygens (including phenoxy) is 1. The van der Waals surface area contributed by atoms with E-state index in [-0.39, 0.29) is 19.8 Å². The minimum Gasteiger partial charge on any atom is -0.496 e. The first-order valence-corrected chi connectivity index (χ1v) is 7.31. The molecule has 0 amide bonds. The Hall–Kier alpha value is -1.76. The van der Waals surface area contributed by atoms with Gasteiger partial charge in [0, 0.05) is 11.0 Å². The summed E-state index contributed by atoms with van der Waals surface area (Å²) in [5.74, 6) is 0.449. The fraction of sp³-hybridized carbons (Fsp3) is 0.529. The molecule has 23 heavy (non-hydrogen) atoms. The monoisotopic (exact) mass is 326 g/mol. The molecule has 0 radical (unpaired) electrons. The molecule has 0 aromatic heterocycles. The maximum Gasteiger partial charge on any atom is 0.154 e. The van der Waals surface area contributed by atoms with E-state index >= 15 is 0 Å². The standard InChI is InChI=1S/C11H12O3.C6H14O3/c1-7-8(2)10(6-13)11(14-3)4-9(7)5-12;1-2-6(3-7,4-8)5-9/h4-6H,1-3H3;7-9H,2-5H2,1H3. The van der Waals surface area contributed by atoms with E-state index in [4.69, 9.17) is 20.1 Å². The highest BCUT2D eigenvalue weighted by molar-refractivity contribution is 5.87. The molecule has 0 unspecified atom stereocenters. The van der Waals surface area contributed by atoms with Crippen LogP contribution in [-0.2, 0) is 0 Å². The van der Waals surface area contributed by atoms with E-state index in [0.29, 0.717) is 23.3 Å². The summed E-state index contributed by atoms with van der Waals surface area (Å²) in [4.78, 5) is 21.5. The topological polar surface area (TPSA) is 104 Å². The van der Waals surface area contributed by atoms with Crippen molar-refractivity contribution in [3.05, 3.63) is 28.3 Å². The van der Waals surface area contributed by atoms with E-state index in [9.17, 15) is 9.59 Å². The van der Waals surface area contributed by atoms with Gasteiger partial charge in [0.1, 0.15) is 12.0 Å². The van der Waals surface area contributed by atoms with Gasteiger partial charge in [0.05, 0.1) is 32.5 Å². The van der Waals surface area contributed by atoms with Crippen molar-refractivity contribution in [2.45, 2.75) is 27.2 Å². The van der Waals surface area contributed by atoms with Gasteiger partial charge in [-0.1, -0.05) is 6.92 Å². The van der Waals surface area contributed by atoms with E-state index < -0.39 is 5.41 Å². The molecule has 1 rings (SSSR count). The fourth-order valence-corrected chi connectivity index (χ4v) is 1.85. The molecule has 0 saturated heterocycles. The van der Waals surface area contributed by atoms with Gasteiger partial charge in [-0.25, -0.2) is 0 Å². The lowest BCUT2D eigenvalue weighted by molar-refractivity contribution is 0.00304. The smallest absolute Gasteiger partial charge is 0.154 e. The quantitative estimate of drug-likeness (QED) is 0.652. The lowest BCUT2D eigenvalue weighted by Gasteiger charge is -2.24. The summed E-state index contributed by atoms with van der Waals surface area (Å²) in [5, 5.41) is 26.0. The Labute approximate surface area is 136 Å². The summed E-state index contributed by atoms with van der Waals surface area (Å²) in [6.07, 6.45) is 2.10. The molecule has 0 saturated carbocycles. The SMILES string of the molecule is CCC(CO)(CO)CO.COc1cc(C=O)c(C)c(C)c1C=O. The lowest BCUT2D eigenvalue weighted by Crippen LogP contribution is -2.32. The molecule has 0 aliphatic heterocycles. The van der Waals surface area contributed by atoms with Gasteiger partial charge in [0.15, 0.2) is 6.29 Å². The van der Waals surface area contributed by atoms with Crippen LogP contribution in [0.4, 0.5) is 0 Å². The molecule has 0 aliphatic carbocycles. The average molecular weight is 326 g/mol. The van der Waals surface area contributed by atoms with E-state index in [2.05, 4.69) is 0 Å². The second kappa shape index (κ2) is 10.1. The number of carbonyl (C=O) groups excluding carboxylic acids is 2. The predicted molar refractivity (Wildman–Crippen MR) is 87.2 cm³/mol. The molecule has 0 atom stereocenters. The van der Waals surface area contributed by atoms with Crippen LogP contribution < -0.4 is 4.74 Å². The molecule has 130 valence electrons. The number of aliphatic hydroxyl groups excluding tert-OH is 3. The van der Waals surface area contributed by atoms with Crippen LogP contribution in [0.1, 0.15) is 45.2 Å². The van der Waals surface area contributed by atoms with Crippen molar-refractivity contribution >= 4 is 12.6 Å². The van der Waals surface area contributed by atoms with Crippen molar-refractivity contribution < 1.29 is 29.6 Å². The number of methoxy groups -OCH3 is 1. The van der Waals surface area contributed by atoms with Gasteiger partial charge >= 0.3 is 0 Å². The second-order valence-electron chi connectivity index (χ2n) is 5.40. The fourth-order valence-electron chi connectivity index (χ4n) is 1.85. The molecule has 1 aromatic carbocycles. The van der Waals surface area contributed by atoms with Crippen LogP contribution in [0.3, 0.4) is 0 Å². The zero-order valence-corrected chi connectivity index (χ0v) is 14.1. The Balaban J connectivity index is 0.000000468. The number of aldehydes is 2. The van der Waals surface area contributed by atoms with Crippen molar-refractivity contribution in [3.63, 3.8) is 0 Å². The Morgan fingerprint density at radius 3 is 1.83 bits per heavy atom. The van der Waals surface area contributed by atoms with E-state index in [0.717, 1.165) is 23.7 Å². The third-order valence-electron chi connectivity index (χ3n) is 4.17. The zero-order chi connectivity index (χ0) is 18.0. The summed E-state index contributed by atoms with van der Waals surface area (Å²) in [7, 11) is 1.48. The number of rotatable bonds is 7. The Morgan fingerprint density at radius 2 is 1.57 bits per heavy atom. The van der Waals surface area contributed by atoms with Gasteiger partial charge in [-0.3, -0.25) is 9.59 Å². The van der Waals surface area contributed by atoms with Crippen molar-refractivity contribution in [2.24, 2.45) is 5.41 Å². The van der Waals surface area contributed by atoms with Gasteiger partial charge in [0.25, 0.3) is 0 Å². The van der Waals surface area contributed by atoms with Crippen LogP contribution in [0.15, 0.2) is 6.07 Å². The molecule has 0 bridgehead atoms. The lowest BCUT2D eigenvalue weighted by atomic mass is 9.88. The van der Waals surface area contributed by atoms with Crippen LogP contribution in [0.25, 0.3) is 0 Å². The van der Waals surface area contributed by atoms with Gasteiger partial charge < -0.3 is 20.1 Å². The summed E-state index contributed by atoms with van der Waals surface area (Å²) >= 11 is 0. The summed E-state index contributed by atoms with van der Waals surface area (Å²) in [6.45, 7) is 4.96. The van der Waals surface area contributed by atoms with Crippen LogP contribution in [-0.4, -0.2) is 54.8 Å². The van der Waals surface area contributed by atoms with E-state index in [1.54, 1.807) is 13.0 Å². The normalized spacial score (nSPS) is 10.6. The maximum absolute atomic E-state index is 10.8. The van der Waals surface area contributed by atoms with Gasteiger partial charge in [-0.2, -0.15) is 0 Å². The summed E-state index contributed by atoms with van der Waals surface area (Å²) in [5.41, 5.74) is 2.02. The Bertz CT molecular complexity index is 503. The van der Waals surface area contributed by atoms with Gasteiger partial charge in [0.2, 0.25) is 0 Å². The largest absolute Gasteiger partial charge is 0.496 e. The molecule has 1 aromatic rings. The summed E-state index contributed by atoms with van der Waals surface area (Å²) < 4.78 is 5.02. The minimum absolute atomic E-state index is 0.156. The van der Waals surface area contributed by atoms with Crippen LogP contribution in [0, 0.1) is 19.3 Å². The molecule has 0 heterocycles. The highest BCUT2D eigenvalue weighted by atomic mass is 16.5. The van der Waals surface area contributed by atoms with E-state index in [1.807, 2.05) is 13.8 Å². The average Bonchev–Trinajstić information content (AvgIpc) is 2.60. The third-order valence-corrected chi connectivity index (χ3v) is 4.17. The zero-order valence-electron chi connectivity index (χ0n) is 14.1. The second-order valence-corrected chi connectivity index (χ2v) is 5.40. The molecule has 0 fully saturated rings. The number of aliphatic hydroxyl groups is 3. The first-order chi connectivity index (χ1) is 10.9. The maximum atomic E-state index is 10.8. The Morgan fingerprint density at radius 1 is 1.04 bits per heavy atom. The van der Waals surface area contributed by atoms with Gasteiger partial charge in [-0.05, 0) is 37.5 Å². The molecule has 6 heteroatoms. The van der Waals surface area contributed by atoms with Gasteiger partial charge in [-0.15, -0.1) is 0 Å². The highest BCUT2D eigenvalue weighted by Gasteiger charge is 2.24. The third kappa shape index (κ3) is 5.13. The van der Waals surface area contributed by atoms with Crippen molar-refractivity contribution in [3.8, 4) is 5.75 Å². The van der Waals surface area contributed by atoms with Crippen molar-refractivity contribution in [1.82, 2.24) is 0 Å². The number of hydrogen-bond donors (Lipinski definition) is 3. The molecular weight excluding hydrogens is 300 g/mol. The molecule has 0 aliphatic rings. The minimum atomic E-state index is -0.667. The summed E-state index contributed by atoms with van der Waals surface area (Å²) in [6, 6.07) is 1.58. The first kappa shape index (κ1) is 21.2. The first-order valence-electron chi connectivity index (χ1n) is 7.31. The Kier molecular flexibility index (Phi) is 9.32. The van der Waals surface area contributed by atoms with Crippen molar-refractivity contribution in [2.75, 3.05) is 26.9 Å². The van der Waals surface area contributed by atoms with Crippen LogP contribution in [0.5, 0.6) is 5.75 Å². The van der Waals surface area contributed by atoms with E-state index in [1.165, 1.54) is 7.11 Å². The molecule has 6 nitrogen and oxygen atoms in total. The number of hydrogen-bond acceptors (Lipinski definition) is 6. The van der Waals surface area contributed by atoms with Crippen molar-refractivity contribution in [1.29, 1.82) is 0 Å². The number of carbonyl (C=O) groups is 2. The molecule has 0 spiro atoms. The predicted octanol–water partition coefficient (Wildman–Crippen LogP) is 1.30. The molecular formula is C17H26O6.